The van der Waals surface area contributed by atoms with Gasteiger partial charge in [-0.2, -0.15) is 5.10 Å². The molecule has 0 saturated heterocycles. The van der Waals surface area contributed by atoms with Crippen LogP contribution < -0.4 is 0 Å². The van der Waals surface area contributed by atoms with E-state index in [9.17, 15) is 0 Å². The Balaban J connectivity index is 2.35. The number of hydrogen-bond acceptors (Lipinski definition) is 1. The SMILES string of the molecule is c1cc2c3c(cccc3c1)-c1[nH]ncc1-2. The molecule has 0 amide bonds. The normalized spacial score (nSPS) is 12.0. The summed E-state index contributed by atoms with van der Waals surface area (Å²) in [4.78, 5) is 0. The Labute approximate surface area is 86.6 Å². The van der Waals surface area contributed by atoms with Gasteiger partial charge in [0.2, 0.25) is 0 Å². The highest BCUT2D eigenvalue weighted by Gasteiger charge is 2.21. The van der Waals surface area contributed by atoms with E-state index in [2.05, 4.69) is 46.6 Å². The summed E-state index contributed by atoms with van der Waals surface area (Å²) in [5.41, 5.74) is 4.95. The summed E-state index contributed by atoms with van der Waals surface area (Å²) >= 11 is 0. The highest BCUT2D eigenvalue weighted by atomic mass is 15.1. The molecule has 70 valence electrons. The molecule has 0 aliphatic heterocycles. The number of rotatable bonds is 0. The summed E-state index contributed by atoms with van der Waals surface area (Å²) in [6, 6.07) is 12.8. The van der Waals surface area contributed by atoms with Gasteiger partial charge < -0.3 is 0 Å². The van der Waals surface area contributed by atoms with Crippen LogP contribution in [0.25, 0.3) is 33.2 Å². The first-order valence-electron chi connectivity index (χ1n) is 5.01. The zero-order valence-corrected chi connectivity index (χ0v) is 7.99. The molecule has 0 spiro atoms. The van der Waals surface area contributed by atoms with Gasteiger partial charge in [0.15, 0.2) is 0 Å². The standard InChI is InChI=1S/C13H8N2/c1-3-8-4-2-6-10-12(8)9(5-1)11-7-14-15-13(10)11/h1-7H,(H,14,15). The number of nitrogens with zero attached hydrogens (tertiary/aromatic N) is 1. The third-order valence-electron chi connectivity index (χ3n) is 3.10. The number of nitrogens with one attached hydrogen (secondary N) is 1. The summed E-state index contributed by atoms with van der Waals surface area (Å²) in [5, 5.41) is 9.83. The summed E-state index contributed by atoms with van der Waals surface area (Å²) in [6.45, 7) is 0. The van der Waals surface area contributed by atoms with Gasteiger partial charge in [-0.15, -0.1) is 0 Å². The molecule has 4 rings (SSSR count). The lowest BCUT2D eigenvalue weighted by Crippen LogP contribution is -1.77. The van der Waals surface area contributed by atoms with E-state index in [-0.39, 0.29) is 0 Å². The molecule has 3 aromatic rings. The number of H-pyrrole nitrogens is 1. The van der Waals surface area contributed by atoms with E-state index in [1.54, 1.807) is 0 Å². The van der Waals surface area contributed by atoms with Crippen LogP contribution in [0.2, 0.25) is 0 Å². The third-order valence-corrected chi connectivity index (χ3v) is 3.10. The van der Waals surface area contributed by atoms with Gasteiger partial charge in [0.05, 0.1) is 11.9 Å². The maximum atomic E-state index is 4.10. The van der Waals surface area contributed by atoms with E-state index >= 15 is 0 Å². The number of aromatic amines is 1. The second kappa shape index (κ2) is 2.28. The summed E-state index contributed by atoms with van der Waals surface area (Å²) in [6.07, 6.45) is 1.91. The van der Waals surface area contributed by atoms with Gasteiger partial charge >= 0.3 is 0 Å². The lowest BCUT2D eigenvalue weighted by atomic mass is 10.0. The van der Waals surface area contributed by atoms with Gasteiger partial charge in [0.1, 0.15) is 0 Å². The second-order valence-corrected chi connectivity index (χ2v) is 3.87. The predicted molar refractivity (Wildman–Crippen MR) is 60.5 cm³/mol. The van der Waals surface area contributed by atoms with Crippen LogP contribution in [0.4, 0.5) is 0 Å². The molecular weight excluding hydrogens is 184 g/mol. The quantitative estimate of drug-likeness (QED) is 0.455. The summed E-state index contributed by atoms with van der Waals surface area (Å²) < 4.78 is 0. The van der Waals surface area contributed by atoms with Crippen LogP contribution in [-0.2, 0) is 0 Å². The Morgan fingerprint density at radius 2 is 1.67 bits per heavy atom. The lowest BCUT2D eigenvalue weighted by Gasteiger charge is -2.00. The monoisotopic (exact) mass is 192 g/mol. The molecule has 2 heteroatoms. The maximum absolute atomic E-state index is 4.10. The van der Waals surface area contributed by atoms with Crippen molar-refractivity contribution < 1.29 is 0 Å². The largest absolute Gasteiger partial charge is 0.277 e. The first-order valence-corrected chi connectivity index (χ1v) is 5.01. The van der Waals surface area contributed by atoms with Crippen LogP contribution >= 0.6 is 0 Å². The van der Waals surface area contributed by atoms with Crippen molar-refractivity contribution in [3.8, 4) is 22.4 Å². The first kappa shape index (κ1) is 7.23. The molecule has 0 bridgehead atoms. The number of hydrogen-bond donors (Lipinski definition) is 1. The van der Waals surface area contributed by atoms with Crippen LogP contribution in [0, 0.1) is 0 Å². The zero-order valence-electron chi connectivity index (χ0n) is 7.99. The van der Waals surface area contributed by atoms with Gasteiger partial charge in [-0.3, -0.25) is 5.10 Å². The van der Waals surface area contributed by atoms with Crippen LogP contribution in [-0.4, -0.2) is 10.2 Å². The van der Waals surface area contributed by atoms with Gasteiger partial charge in [0.25, 0.3) is 0 Å². The Hall–Kier alpha value is -2.09. The van der Waals surface area contributed by atoms with Crippen molar-refractivity contribution in [3.63, 3.8) is 0 Å². The van der Waals surface area contributed by atoms with E-state index in [0.29, 0.717) is 0 Å². The van der Waals surface area contributed by atoms with E-state index in [1.165, 1.54) is 27.5 Å². The van der Waals surface area contributed by atoms with E-state index in [0.717, 1.165) is 5.69 Å². The lowest BCUT2D eigenvalue weighted by molar-refractivity contribution is 1.10. The summed E-state index contributed by atoms with van der Waals surface area (Å²) in [5.74, 6) is 0. The van der Waals surface area contributed by atoms with Crippen molar-refractivity contribution in [2.75, 3.05) is 0 Å². The summed E-state index contributed by atoms with van der Waals surface area (Å²) in [7, 11) is 0. The highest BCUT2D eigenvalue weighted by Crippen LogP contribution is 2.45. The molecule has 2 nitrogen and oxygen atoms in total. The zero-order chi connectivity index (χ0) is 9.83. The van der Waals surface area contributed by atoms with Crippen molar-refractivity contribution in [2.45, 2.75) is 0 Å². The molecule has 0 atom stereocenters. The number of benzene rings is 2. The average Bonchev–Trinajstić information content (AvgIpc) is 2.84. The topological polar surface area (TPSA) is 28.7 Å². The van der Waals surface area contributed by atoms with Crippen LogP contribution in [0.5, 0.6) is 0 Å². The fraction of sp³-hybridized carbons (Fsp3) is 0. The number of fused-ring (bicyclic) bond motifs is 3. The molecule has 0 unspecified atom stereocenters. The van der Waals surface area contributed by atoms with Crippen molar-refractivity contribution in [3.05, 3.63) is 42.6 Å². The van der Waals surface area contributed by atoms with Crippen molar-refractivity contribution in [1.82, 2.24) is 10.2 Å². The Bertz CT molecular complexity index is 627. The number of aromatic nitrogens is 2. The van der Waals surface area contributed by atoms with E-state index in [1.807, 2.05) is 6.20 Å². The fourth-order valence-electron chi connectivity index (χ4n) is 2.47. The fourth-order valence-corrected chi connectivity index (χ4v) is 2.47. The molecule has 2 aromatic carbocycles. The Morgan fingerprint density at radius 1 is 0.867 bits per heavy atom. The maximum Gasteiger partial charge on any atom is 0.0735 e. The van der Waals surface area contributed by atoms with Crippen molar-refractivity contribution >= 4 is 10.8 Å². The minimum absolute atomic E-state index is 1.15. The molecule has 1 heterocycles. The van der Waals surface area contributed by atoms with Crippen LogP contribution in [0.15, 0.2) is 42.6 Å². The molecule has 0 fully saturated rings. The Kier molecular flexibility index (Phi) is 1.10. The van der Waals surface area contributed by atoms with Crippen LogP contribution in [0.3, 0.4) is 0 Å². The van der Waals surface area contributed by atoms with Crippen LogP contribution in [0.1, 0.15) is 0 Å². The molecule has 1 aliphatic rings. The Morgan fingerprint density at radius 3 is 2.53 bits per heavy atom. The molecular formula is C13H8N2. The minimum atomic E-state index is 1.15. The first-order chi connectivity index (χ1) is 7.45. The molecule has 1 N–H and O–H groups in total. The third kappa shape index (κ3) is 0.734. The smallest absolute Gasteiger partial charge is 0.0735 e. The van der Waals surface area contributed by atoms with Crippen molar-refractivity contribution in [2.24, 2.45) is 0 Å². The van der Waals surface area contributed by atoms with Crippen molar-refractivity contribution in [1.29, 1.82) is 0 Å². The molecule has 0 saturated carbocycles. The predicted octanol–water partition coefficient (Wildman–Crippen LogP) is 3.21. The van der Waals surface area contributed by atoms with E-state index in [4.69, 9.17) is 0 Å². The molecule has 0 radical (unpaired) electrons. The highest BCUT2D eigenvalue weighted by molar-refractivity contribution is 6.14. The van der Waals surface area contributed by atoms with Gasteiger partial charge in [-0.25, -0.2) is 0 Å². The van der Waals surface area contributed by atoms with Gasteiger partial charge in [-0.1, -0.05) is 36.4 Å². The average molecular weight is 192 g/mol. The van der Waals surface area contributed by atoms with Gasteiger partial charge in [0, 0.05) is 11.1 Å². The molecule has 15 heavy (non-hydrogen) atoms. The second-order valence-electron chi connectivity index (χ2n) is 3.87. The molecule has 1 aromatic heterocycles. The van der Waals surface area contributed by atoms with Gasteiger partial charge in [-0.05, 0) is 16.3 Å². The molecule has 1 aliphatic carbocycles. The van der Waals surface area contributed by atoms with E-state index < -0.39 is 0 Å². The minimum Gasteiger partial charge on any atom is -0.277 e.